The van der Waals surface area contributed by atoms with E-state index in [9.17, 15) is 19.5 Å². The maximum atomic E-state index is 14.8. The van der Waals surface area contributed by atoms with Gasteiger partial charge in [-0.15, -0.1) is 5.10 Å². The van der Waals surface area contributed by atoms with Crippen LogP contribution in [0.3, 0.4) is 0 Å². The predicted molar refractivity (Wildman–Crippen MR) is 174 cm³/mol. The molecule has 246 valence electrons. The quantitative estimate of drug-likeness (QED) is 0.253. The Hall–Kier alpha value is -4.35. The summed E-state index contributed by atoms with van der Waals surface area (Å²) in [5.74, 6) is -2.22. The molecule has 2 saturated heterocycles. The highest BCUT2D eigenvalue weighted by atomic mass is 16.5. The van der Waals surface area contributed by atoms with Crippen molar-refractivity contribution in [1.29, 1.82) is 0 Å². The van der Waals surface area contributed by atoms with E-state index in [1.807, 2.05) is 85.8 Å². The molecule has 2 fully saturated rings. The van der Waals surface area contributed by atoms with Crippen LogP contribution in [-0.4, -0.2) is 96.0 Å². The summed E-state index contributed by atoms with van der Waals surface area (Å²) >= 11 is 0. The zero-order valence-electron chi connectivity index (χ0n) is 26.8. The summed E-state index contributed by atoms with van der Waals surface area (Å²) in [5.41, 5.74) is 0.207. The third-order valence-corrected chi connectivity index (χ3v) is 10.4. The van der Waals surface area contributed by atoms with Crippen LogP contribution >= 0.6 is 0 Å². The lowest BCUT2D eigenvalue weighted by atomic mass is 9.73. The molecule has 11 nitrogen and oxygen atoms in total. The number of amides is 3. The number of carbonyl (C=O) groups is 3. The Kier molecular flexibility index (Phi) is 8.44. The highest BCUT2D eigenvalue weighted by Gasteiger charge is 2.75. The van der Waals surface area contributed by atoms with Gasteiger partial charge in [0.1, 0.15) is 23.8 Å². The van der Waals surface area contributed by atoms with Crippen LogP contribution in [0.5, 0.6) is 0 Å². The largest absolute Gasteiger partial charge is 0.396 e. The minimum Gasteiger partial charge on any atom is -0.396 e. The molecular formula is C36H42N6O5. The number of para-hydroxylation sites is 1. The Morgan fingerprint density at radius 3 is 2.40 bits per heavy atom. The Morgan fingerprint density at radius 2 is 1.60 bits per heavy atom. The van der Waals surface area contributed by atoms with Crippen molar-refractivity contribution in [3.63, 3.8) is 0 Å². The molecule has 4 aliphatic rings. The minimum atomic E-state index is -1.31. The van der Waals surface area contributed by atoms with E-state index < -0.39 is 29.1 Å². The fourth-order valence-corrected chi connectivity index (χ4v) is 8.10. The van der Waals surface area contributed by atoms with E-state index in [1.165, 1.54) is 0 Å². The molecule has 0 bridgehead atoms. The van der Waals surface area contributed by atoms with Crippen LogP contribution in [0.2, 0.25) is 0 Å². The first-order chi connectivity index (χ1) is 22.9. The number of nitrogens with zero attached hydrogens (tertiary/aromatic N) is 6. The molecule has 11 heteroatoms. The van der Waals surface area contributed by atoms with Gasteiger partial charge in [0.2, 0.25) is 11.8 Å². The summed E-state index contributed by atoms with van der Waals surface area (Å²) in [6, 6.07) is 16.5. The third-order valence-electron chi connectivity index (χ3n) is 10.4. The van der Waals surface area contributed by atoms with E-state index in [4.69, 9.17) is 4.74 Å². The van der Waals surface area contributed by atoms with Gasteiger partial charge in [-0.2, -0.15) is 0 Å². The number of hydrogen-bond acceptors (Lipinski definition) is 7. The standard InChI is InChI=1S/C36H42N6O5/c1-2-35-18-12-20-39(24-26-14-6-5-7-15-26)32(44)29(35)30-33(45)41(22-10-3-4-11-23-43)31-34(46)40(21-13-19-36(30,31)47-35)25-42-28-17-9-8-16-27(28)37-38-42/h5-9,12-19,29-31,43H,2-4,10-11,20-25H2,1H3/t29-,30+,31?,35+,36+/m1/s1. The molecule has 4 aliphatic heterocycles. The van der Waals surface area contributed by atoms with Crippen molar-refractivity contribution in [2.24, 2.45) is 11.8 Å². The van der Waals surface area contributed by atoms with Gasteiger partial charge < -0.3 is 24.5 Å². The Morgan fingerprint density at radius 1 is 0.851 bits per heavy atom. The molecule has 47 heavy (non-hydrogen) atoms. The summed E-state index contributed by atoms with van der Waals surface area (Å²) < 4.78 is 8.82. The number of benzene rings is 2. The van der Waals surface area contributed by atoms with Crippen molar-refractivity contribution in [3.05, 3.63) is 84.5 Å². The second kappa shape index (κ2) is 12.7. The number of carbonyl (C=O) groups excluding carboxylic acids is 3. The zero-order chi connectivity index (χ0) is 32.6. The molecule has 3 aromatic rings. The zero-order valence-corrected chi connectivity index (χ0v) is 26.8. The van der Waals surface area contributed by atoms with Crippen LogP contribution in [0, 0.1) is 11.8 Å². The Labute approximate surface area is 274 Å². The van der Waals surface area contributed by atoms with E-state index >= 15 is 0 Å². The van der Waals surface area contributed by atoms with Crippen molar-refractivity contribution in [2.75, 3.05) is 26.2 Å². The van der Waals surface area contributed by atoms with Gasteiger partial charge in [0.15, 0.2) is 0 Å². The number of unbranched alkanes of at least 4 members (excludes halogenated alkanes) is 3. The summed E-state index contributed by atoms with van der Waals surface area (Å²) in [4.78, 5) is 49.3. The van der Waals surface area contributed by atoms with E-state index in [0.29, 0.717) is 45.4 Å². The van der Waals surface area contributed by atoms with Crippen LogP contribution in [0.4, 0.5) is 0 Å². The first-order valence-corrected chi connectivity index (χ1v) is 16.8. The van der Waals surface area contributed by atoms with Gasteiger partial charge in [-0.05, 0) is 37.0 Å². The molecule has 2 aromatic carbocycles. The van der Waals surface area contributed by atoms with Crippen molar-refractivity contribution in [2.45, 2.75) is 69.5 Å². The van der Waals surface area contributed by atoms with Crippen LogP contribution in [0.1, 0.15) is 44.6 Å². The summed E-state index contributed by atoms with van der Waals surface area (Å²) in [6.45, 7) is 3.75. The van der Waals surface area contributed by atoms with Crippen molar-refractivity contribution in [3.8, 4) is 0 Å². The SMILES string of the molecule is CC[C@]12C=CCN(Cc3ccccc3)C(=O)[C@H]1[C@H]1C(=O)N(CCCCCCO)C3C(=O)N(Cn4nnc5ccccc54)CC=C[C@@]31O2. The van der Waals surface area contributed by atoms with Crippen molar-refractivity contribution >= 4 is 28.8 Å². The van der Waals surface area contributed by atoms with Gasteiger partial charge in [0.05, 0.1) is 23.0 Å². The van der Waals surface area contributed by atoms with E-state index in [0.717, 1.165) is 29.4 Å². The first kappa shape index (κ1) is 31.3. The van der Waals surface area contributed by atoms with Crippen molar-refractivity contribution in [1.82, 2.24) is 29.7 Å². The van der Waals surface area contributed by atoms with E-state index in [-0.39, 0.29) is 31.0 Å². The Bertz CT molecular complexity index is 1710. The molecular weight excluding hydrogens is 596 g/mol. The summed E-state index contributed by atoms with van der Waals surface area (Å²) in [7, 11) is 0. The topological polar surface area (TPSA) is 121 Å². The van der Waals surface area contributed by atoms with Gasteiger partial charge in [-0.1, -0.05) is 91.7 Å². The molecule has 3 amide bonds. The number of hydrogen-bond donors (Lipinski definition) is 1. The highest BCUT2D eigenvalue weighted by molar-refractivity contribution is 6.00. The highest BCUT2D eigenvalue weighted by Crippen LogP contribution is 2.58. The lowest BCUT2D eigenvalue weighted by Crippen LogP contribution is -2.56. The van der Waals surface area contributed by atoms with Gasteiger partial charge in [-0.25, -0.2) is 4.68 Å². The first-order valence-electron chi connectivity index (χ1n) is 16.8. The van der Waals surface area contributed by atoms with Gasteiger partial charge in [-0.3, -0.25) is 14.4 Å². The van der Waals surface area contributed by atoms with E-state index in [1.54, 1.807) is 19.4 Å². The summed E-state index contributed by atoms with van der Waals surface area (Å²) in [6.07, 6.45) is 11.2. The number of aliphatic hydroxyl groups is 1. The Balaban J connectivity index is 1.26. The van der Waals surface area contributed by atoms with Crippen LogP contribution in [0.25, 0.3) is 11.0 Å². The van der Waals surface area contributed by atoms with Crippen LogP contribution < -0.4 is 0 Å². The number of aliphatic hydroxyl groups excluding tert-OH is 1. The number of rotatable bonds is 11. The molecule has 1 spiro atoms. The smallest absolute Gasteiger partial charge is 0.250 e. The fraction of sp³-hybridized carbons (Fsp3) is 0.472. The molecule has 5 heterocycles. The molecule has 1 unspecified atom stereocenters. The fourth-order valence-electron chi connectivity index (χ4n) is 8.10. The number of fused-ring (bicyclic) bond motifs is 3. The molecule has 5 atom stereocenters. The lowest BCUT2D eigenvalue weighted by Gasteiger charge is -2.38. The van der Waals surface area contributed by atoms with Gasteiger partial charge in [0.25, 0.3) is 5.91 Å². The minimum absolute atomic E-state index is 0.120. The summed E-state index contributed by atoms with van der Waals surface area (Å²) in [5, 5.41) is 17.9. The maximum Gasteiger partial charge on any atom is 0.250 e. The van der Waals surface area contributed by atoms with E-state index in [2.05, 4.69) is 10.3 Å². The molecule has 0 saturated carbocycles. The normalized spacial score (nSPS) is 28.5. The molecule has 1 N–H and O–H groups in total. The number of likely N-dealkylation sites (tertiary alicyclic amines) is 1. The van der Waals surface area contributed by atoms with Crippen LogP contribution in [-0.2, 0) is 32.3 Å². The molecule has 0 radical (unpaired) electrons. The van der Waals surface area contributed by atoms with Crippen LogP contribution in [0.15, 0.2) is 78.9 Å². The van der Waals surface area contributed by atoms with Crippen molar-refractivity contribution < 1.29 is 24.2 Å². The molecule has 7 rings (SSSR count). The molecule has 0 aliphatic carbocycles. The van der Waals surface area contributed by atoms with Gasteiger partial charge in [0, 0.05) is 32.8 Å². The predicted octanol–water partition coefficient (Wildman–Crippen LogP) is 3.30. The maximum absolute atomic E-state index is 14.8. The average Bonchev–Trinajstić information content (AvgIpc) is 3.63. The number of ether oxygens (including phenoxy) is 1. The third kappa shape index (κ3) is 5.25. The average molecular weight is 639 g/mol. The lowest BCUT2D eigenvalue weighted by molar-refractivity contribution is -0.155. The van der Waals surface area contributed by atoms with Gasteiger partial charge >= 0.3 is 0 Å². The monoisotopic (exact) mass is 638 g/mol. The number of aromatic nitrogens is 3. The molecule has 1 aromatic heterocycles. The second-order valence-corrected chi connectivity index (χ2v) is 13.1. The second-order valence-electron chi connectivity index (χ2n) is 13.1.